The molecule has 64 valence electrons. The van der Waals surface area contributed by atoms with Crippen LogP contribution in [0.15, 0.2) is 0 Å². The molecule has 0 aliphatic carbocycles. The molecule has 0 bridgehead atoms. The minimum absolute atomic E-state index is 0.569. The first kappa shape index (κ1) is 7.56. The molecule has 3 atom stereocenters. The highest BCUT2D eigenvalue weighted by atomic mass is 16.5. The fourth-order valence-corrected chi connectivity index (χ4v) is 2.33. The van der Waals surface area contributed by atoms with E-state index in [0.29, 0.717) is 12.1 Å². The van der Waals surface area contributed by atoms with Crippen molar-refractivity contribution in [3.05, 3.63) is 0 Å². The fraction of sp³-hybridized carbons (Fsp3) is 1.00. The lowest BCUT2D eigenvalue weighted by atomic mass is 9.93. The van der Waals surface area contributed by atoms with Gasteiger partial charge in [0, 0.05) is 18.6 Å². The minimum atomic E-state index is 0.569. The van der Waals surface area contributed by atoms with Crippen LogP contribution in [0.25, 0.3) is 0 Å². The molecule has 2 nitrogen and oxygen atoms in total. The third-order valence-corrected chi connectivity index (χ3v) is 3.03. The normalized spacial score (nSPS) is 45.0. The first-order valence-electron chi connectivity index (χ1n) is 4.73. The monoisotopic (exact) mass is 155 g/mol. The van der Waals surface area contributed by atoms with Crippen molar-refractivity contribution >= 4 is 0 Å². The Morgan fingerprint density at radius 3 is 2.82 bits per heavy atom. The summed E-state index contributed by atoms with van der Waals surface area (Å²) in [4.78, 5) is 0. The van der Waals surface area contributed by atoms with E-state index in [0.717, 1.165) is 12.5 Å². The molecular formula is C9H17NO. The maximum atomic E-state index is 5.67. The van der Waals surface area contributed by atoms with E-state index in [1.807, 2.05) is 0 Å². The van der Waals surface area contributed by atoms with Crippen LogP contribution in [0.2, 0.25) is 0 Å². The third-order valence-electron chi connectivity index (χ3n) is 3.03. The van der Waals surface area contributed by atoms with E-state index in [4.69, 9.17) is 4.74 Å². The lowest BCUT2D eigenvalue weighted by molar-refractivity contribution is 0.0601. The van der Waals surface area contributed by atoms with Crippen molar-refractivity contribution in [2.75, 3.05) is 13.2 Å². The van der Waals surface area contributed by atoms with E-state index in [2.05, 4.69) is 12.2 Å². The molecule has 0 spiro atoms. The van der Waals surface area contributed by atoms with Gasteiger partial charge in [-0.1, -0.05) is 0 Å². The molecule has 0 radical (unpaired) electrons. The van der Waals surface area contributed by atoms with Crippen LogP contribution >= 0.6 is 0 Å². The lowest BCUT2D eigenvalue weighted by Gasteiger charge is -2.21. The summed E-state index contributed by atoms with van der Waals surface area (Å²) in [5, 5.41) is 3.47. The Labute approximate surface area is 68.3 Å². The molecule has 0 aromatic rings. The lowest BCUT2D eigenvalue weighted by Crippen LogP contribution is -2.30. The second-order valence-corrected chi connectivity index (χ2v) is 3.75. The van der Waals surface area contributed by atoms with Crippen molar-refractivity contribution in [1.82, 2.24) is 5.32 Å². The number of hydrogen-bond acceptors (Lipinski definition) is 2. The van der Waals surface area contributed by atoms with Crippen LogP contribution in [0.3, 0.4) is 0 Å². The van der Waals surface area contributed by atoms with E-state index >= 15 is 0 Å². The fourth-order valence-electron chi connectivity index (χ4n) is 2.33. The van der Waals surface area contributed by atoms with E-state index in [9.17, 15) is 0 Å². The molecule has 2 saturated heterocycles. The molecule has 2 aliphatic heterocycles. The molecular weight excluding hydrogens is 138 g/mol. The molecule has 1 N–H and O–H groups in total. The topological polar surface area (TPSA) is 21.3 Å². The Balaban J connectivity index is 1.92. The summed E-state index contributed by atoms with van der Waals surface area (Å²) in [6.45, 7) is 4.46. The Kier molecular flexibility index (Phi) is 2.14. The second-order valence-electron chi connectivity index (χ2n) is 3.75. The summed E-state index contributed by atoms with van der Waals surface area (Å²) < 4.78 is 5.67. The molecule has 2 rings (SSSR count). The highest BCUT2D eigenvalue weighted by Gasteiger charge is 2.32. The van der Waals surface area contributed by atoms with Gasteiger partial charge in [0.1, 0.15) is 0 Å². The Morgan fingerprint density at radius 1 is 1.36 bits per heavy atom. The van der Waals surface area contributed by atoms with Crippen LogP contribution in [-0.4, -0.2) is 25.3 Å². The van der Waals surface area contributed by atoms with Crippen molar-refractivity contribution in [3.8, 4) is 0 Å². The summed E-state index contributed by atoms with van der Waals surface area (Å²) in [5.41, 5.74) is 0. The molecule has 11 heavy (non-hydrogen) atoms. The zero-order valence-corrected chi connectivity index (χ0v) is 7.18. The first-order chi connectivity index (χ1) is 5.38. The van der Waals surface area contributed by atoms with Gasteiger partial charge in [-0.25, -0.2) is 0 Å². The van der Waals surface area contributed by atoms with Crippen LogP contribution in [0.1, 0.15) is 26.2 Å². The smallest absolute Gasteiger partial charge is 0.0619 e. The molecule has 3 unspecified atom stereocenters. The van der Waals surface area contributed by atoms with Crippen LogP contribution in [-0.2, 0) is 4.74 Å². The third kappa shape index (κ3) is 1.42. The largest absolute Gasteiger partial charge is 0.378 e. The van der Waals surface area contributed by atoms with Gasteiger partial charge in [0.05, 0.1) is 6.10 Å². The molecule has 0 aromatic carbocycles. The predicted molar refractivity (Wildman–Crippen MR) is 44.5 cm³/mol. The first-order valence-corrected chi connectivity index (χ1v) is 4.73. The van der Waals surface area contributed by atoms with Crippen molar-refractivity contribution in [1.29, 1.82) is 0 Å². The number of rotatable bonds is 1. The molecule has 2 heterocycles. The average Bonchev–Trinajstić information content (AvgIpc) is 2.55. The molecule has 2 heteroatoms. The van der Waals surface area contributed by atoms with E-state index in [1.54, 1.807) is 0 Å². The highest BCUT2D eigenvalue weighted by molar-refractivity contribution is 4.87. The Hall–Kier alpha value is -0.0800. The summed E-state index contributed by atoms with van der Waals surface area (Å²) in [6.07, 6.45) is 4.44. The van der Waals surface area contributed by atoms with Crippen LogP contribution < -0.4 is 5.32 Å². The quantitative estimate of drug-likeness (QED) is 0.613. The maximum absolute atomic E-state index is 5.67. The summed E-state index contributed by atoms with van der Waals surface area (Å²) in [7, 11) is 0. The van der Waals surface area contributed by atoms with Gasteiger partial charge in [0.25, 0.3) is 0 Å². The highest BCUT2D eigenvalue weighted by Crippen LogP contribution is 2.28. The summed E-state index contributed by atoms with van der Waals surface area (Å²) >= 11 is 0. The van der Waals surface area contributed by atoms with Gasteiger partial charge in [0.15, 0.2) is 0 Å². The SMILES string of the molecule is CC1NCCC1C1CCCO1. The van der Waals surface area contributed by atoms with Gasteiger partial charge in [-0.3, -0.25) is 0 Å². The van der Waals surface area contributed by atoms with E-state index in [1.165, 1.54) is 25.8 Å². The molecule has 0 amide bonds. The van der Waals surface area contributed by atoms with Gasteiger partial charge in [0.2, 0.25) is 0 Å². The molecule has 2 aliphatic rings. The Bertz CT molecular complexity index is 132. The van der Waals surface area contributed by atoms with E-state index < -0.39 is 0 Å². The molecule has 0 saturated carbocycles. The van der Waals surface area contributed by atoms with Crippen molar-refractivity contribution in [2.45, 2.75) is 38.3 Å². The van der Waals surface area contributed by atoms with Crippen LogP contribution in [0.5, 0.6) is 0 Å². The minimum Gasteiger partial charge on any atom is -0.378 e. The van der Waals surface area contributed by atoms with E-state index in [-0.39, 0.29) is 0 Å². The Morgan fingerprint density at radius 2 is 2.27 bits per heavy atom. The van der Waals surface area contributed by atoms with Crippen molar-refractivity contribution in [2.24, 2.45) is 5.92 Å². The second kappa shape index (κ2) is 3.11. The predicted octanol–water partition coefficient (Wildman–Crippen LogP) is 1.16. The number of ether oxygens (including phenoxy) is 1. The average molecular weight is 155 g/mol. The number of nitrogens with one attached hydrogen (secondary N) is 1. The summed E-state index contributed by atoms with van der Waals surface area (Å²) in [6, 6.07) is 0.679. The van der Waals surface area contributed by atoms with Crippen LogP contribution in [0.4, 0.5) is 0 Å². The zero-order valence-electron chi connectivity index (χ0n) is 7.18. The van der Waals surface area contributed by atoms with Gasteiger partial charge in [-0.2, -0.15) is 0 Å². The zero-order chi connectivity index (χ0) is 7.68. The van der Waals surface area contributed by atoms with Gasteiger partial charge >= 0.3 is 0 Å². The van der Waals surface area contributed by atoms with Crippen LogP contribution in [0, 0.1) is 5.92 Å². The standard InChI is InChI=1S/C9H17NO/c1-7-8(4-5-10-7)9-3-2-6-11-9/h7-10H,2-6H2,1H3. The van der Waals surface area contributed by atoms with Gasteiger partial charge in [-0.05, 0) is 32.7 Å². The molecule has 0 aromatic heterocycles. The van der Waals surface area contributed by atoms with Gasteiger partial charge < -0.3 is 10.1 Å². The number of hydrogen-bond donors (Lipinski definition) is 1. The van der Waals surface area contributed by atoms with Crippen molar-refractivity contribution in [3.63, 3.8) is 0 Å². The summed E-state index contributed by atoms with van der Waals surface area (Å²) in [5.74, 6) is 0.789. The molecule has 2 fully saturated rings. The van der Waals surface area contributed by atoms with Gasteiger partial charge in [-0.15, -0.1) is 0 Å². The van der Waals surface area contributed by atoms with Crippen molar-refractivity contribution < 1.29 is 4.74 Å². The maximum Gasteiger partial charge on any atom is 0.0619 e.